The lowest BCUT2D eigenvalue weighted by Crippen LogP contribution is -2.46. The summed E-state index contributed by atoms with van der Waals surface area (Å²) >= 11 is 5.25. The van der Waals surface area contributed by atoms with Crippen LogP contribution in [0.15, 0.2) is 34.9 Å². The SMILES string of the molecule is CC1(C)C(=O)NC(=O)N1CCNc1ncc(Br)c(-c2cc3cc(OCCC4CCCCN4)ccc3s2)n1. The van der Waals surface area contributed by atoms with Crippen molar-refractivity contribution in [1.29, 1.82) is 0 Å². The van der Waals surface area contributed by atoms with Crippen molar-refractivity contribution < 1.29 is 14.3 Å². The number of rotatable bonds is 9. The maximum absolute atomic E-state index is 12.1. The number of aromatic nitrogens is 2. The Balaban J connectivity index is 1.23. The van der Waals surface area contributed by atoms with Gasteiger partial charge in [-0.1, -0.05) is 6.42 Å². The van der Waals surface area contributed by atoms with Gasteiger partial charge in [0.1, 0.15) is 17.0 Å². The number of hydrogen-bond acceptors (Lipinski definition) is 8. The summed E-state index contributed by atoms with van der Waals surface area (Å²) in [7, 11) is 0. The lowest BCUT2D eigenvalue weighted by atomic mass is 10.0. The van der Waals surface area contributed by atoms with Gasteiger partial charge in [-0.3, -0.25) is 10.1 Å². The van der Waals surface area contributed by atoms with Crippen LogP contribution < -0.4 is 20.7 Å². The van der Waals surface area contributed by atoms with E-state index < -0.39 is 5.54 Å². The summed E-state index contributed by atoms with van der Waals surface area (Å²) in [5, 5.41) is 10.2. The fourth-order valence-electron chi connectivity index (χ4n) is 4.70. The summed E-state index contributed by atoms with van der Waals surface area (Å²) in [6.07, 6.45) is 6.54. The predicted molar refractivity (Wildman–Crippen MR) is 149 cm³/mol. The van der Waals surface area contributed by atoms with Crippen LogP contribution in [0.25, 0.3) is 20.7 Å². The van der Waals surface area contributed by atoms with Crippen molar-refractivity contribution in [1.82, 2.24) is 25.5 Å². The number of amides is 3. The molecule has 1 atom stereocenters. The van der Waals surface area contributed by atoms with Crippen LogP contribution >= 0.6 is 27.3 Å². The minimum atomic E-state index is -0.878. The second-order valence-corrected chi connectivity index (χ2v) is 11.8. The first-order chi connectivity index (χ1) is 17.8. The van der Waals surface area contributed by atoms with E-state index in [-0.39, 0.29) is 11.9 Å². The van der Waals surface area contributed by atoms with E-state index in [0.29, 0.717) is 31.7 Å². The van der Waals surface area contributed by atoms with Gasteiger partial charge in [-0.2, -0.15) is 0 Å². The van der Waals surface area contributed by atoms with Crippen molar-refractivity contribution in [2.75, 3.05) is 31.6 Å². The van der Waals surface area contributed by atoms with Crippen LogP contribution in [-0.4, -0.2) is 64.6 Å². The number of thiophene rings is 1. The molecule has 11 heteroatoms. The molecule has 5 rings (SSSR count). The number of nitrogens with one attached hydrogen (secondary N) is 3. The van der Waals surface area contributed by atoms with Gasteiger partial charge < -0.3 is 20.3 Å². The Morgan fingerprint density at radius 1 is 1.27 bits per heavy atom. The number of halogens is 1. The standard InChI is InChI=1S/C26H31BrN6O3S/c1-26(2)23(34)32-25(35)33(26)11-10-29-24-30-15-19(27)22(31-24)21-14-16-13-18(6-7-20(16)37-21)36-12-8-17-5-3-4-9-28-17/h6-7,13-15,17,28H,3-5,8-12H2,1-2H3,(H,29,30,31)(H,32,34,35). The maximum atomic E-state index is 12.1. The molecule has 2 aliphatic rings. The first-order valence-corrected chi connectivity index (χ1v) is 14.2. The second kappa shape index (κ2) is 10.9. The van der Waals surface area contributed by atoms with Crippen LogP contribution in [0.4, 0.5) is 10.7 Å². The summed E-state index contributed by atoms with van der Waals surface area (Å²) in [4.78, 5) is 35.7. The molecular weight excluding hydrogens is 556 g/mol. The van der Waals surface area contributed by atoms with Gasteiger partial charge in [-0.15, -0.1) is 11.3 Å². The minimum Gasteiger partial charge on any atom is -0.494 e. The highest BCUT2D eigenvalue weighted by Gasteiger charge is 2.45. The third-order valence-corrected chi connectivity index (χ3v) is 8.63. The Labute approximate surface area is 228 Å². The molecule has 0 bridgehead atoms. The van der Waals surface area contributed by atoms with Gasteiger partial charge in [0.15, 0.2) is 0 Å². The number of imide groups is 1. The van der Waals surface area contributed by atoms with Crippen LogP contribution in [0.2, 0.25) is 0 Å². The number of hydrogen-bond donors (Lipinski definition) is 3. The van der Waals surface area contributed by atoms with E-state index in [1.807, 2.05) is 6.07 Å². The highest BCUT2D eigenvalue weighted by Crippen LogP contribution is 2.37. The van der Waals surface area contributed by atoms with Gasteiger partial charge >= 0.3 is 6.03 Å². The molecule has 2 fully saturated rings. The van der Waals surface area contributed by atoms with E-state index in [2.05, 4.69) is 55.1 Å². The number of benzene rings is 1. The Bertz CT molecular complexity index is 1310. The lowest BCUT2D eigenvalue weighted by Gasteiger charge is -2.27. The molecule has 3 N–H and O–H groups in total. The zero-order valence-corrected chi connectivity index (χ0v) is 23.4. The van der Waals surface area contributed by atoms with Gasteiger partial charge in [-0.05, 0) is 85.2 Å². The molecule has 196 valence electrons. The first kappa shape index (κ1) is 25.9. The smallest absolute Gasteiger partial charge is 0.325 e. The Hall–Kier alpha value is -2.76. The number of anilines is 1. The average Bonchev–Trinajstić information content (AvgIpc) is 3.38. The molecule has 0 radical (unpaired) electrons. The van der Waals surface area contributed by atoms with Crippen LogP contribution in [0.1, 0.15) is 39.5 Å². The molecule has 2 saturated heterocycles. The average molecular weight is 588 g/mol. The van der Waals surface area contributed by atoms with Crippen molar-refractivity contribution in [3.05, 3.63) is 34.9 Å². The van der Waals surface area contributed by atoms with Gasteiger partial charge in [-0.25, -0.2) is 14.8 Å². The molecule has 3 amide bonds. The number of carbonyl (C=O) groups is 2. The number of carbonyl (C=O) groups excluding carboxylic acids is 2. The molecule has 37 heavy (non-hydrogen) atoms. The highest BCUT2D eigenvalue weighted by molar-refractivity contribution is 9.10. The second-order valence-electron chi connectivity index (χ2n) is 9.88. The zero-order chi connectivity index (χ0) is 26.0. The molecule has 0 spiro atoms. The van der Waals surface area contributed by atoms with Gasteiger partial charge in [0.25, 0.3) is 5.91 Å². The van der Waals surface area contributed by atoms with E-state index >= 15 is 0 Å². The molecule has 2 aromatic heterocycles. The first-order valence-electron chi connectivity index (χ1n) is 12.6. The monoisotopic (exact) mass is 586 g/mol. The van der Waals surface area contributed by atoms with Gasteiger partial charge in [0.2, 0.25) is 5.95 Å². The summed E-state index contributed by atoms with van der Waals surface area (Å²) in [5.41, 5.74) is -0.0874. The number of urea groups is 1. The summed E-state index contributed by atoms with van der Waals surface area (Å²) in [5.74, 6) is 1.04. The van der Waals surface area contributed by atoms with E-state index in [1.54, 1.807) is 31.4 Å². The fraction of sp³-hybridized carbons (Fsp3) is 0.462. The number of ether oxygens (including phenoxy) is 1. The highest BCUT2D eigenvalue weighted by atomic mass is 79.9. The molecule has 1 aromatic carbocycles. The van der Waals surface area contributed by atoms with Gasteiger partial charge in [0.05, 0.1) is 16.0 Å². The quantitative estimate of drug-likeness (QED) is 0.310. The van der Waals surface area contributed by atoms with Crippen molar-refractivity contribution in [3.8, 4) is 16.3 Å². The number of piperidine rings is 1. The van der Waals surface area contributed by atoms with Crippen molar-refractivity contribution in [2.45, 2.75) is 51.1 Å². The van der Waals surface area contributed by atoms with E-state index in [1.165, 1.54) is 24.2 Å². The third-order valence-electron chi connectivity index (χ3n) is 6.93. The summed E-state index contributed by atoms with van der Waals surface area (Å²) < 4.78 is 8.01. The molecule has 9 nitrogen and oxygen atoms in total. The molecular formula is C26H31BrN6O3S. The Kier molecular flexibility index (Phi) is 7.64. The normalized spacial score (nSPS) is 19.3. The lowest BCUT2D eigenvalue weighted by molar-refractivity contribution is -0.125. The summed E-state index contributed by atoms with van der Waals surface area (Å²) in [6.45, 7) is 6.03. The molecule has 4 heterocycles. The number of nitrogens with zero attached hydrogens (tertiary/aromatic N) is 3. The molecule has 0 saturated carbocycles. The van der Waals surface area contributed by atoms with Crippen molar-refractivity contribution >= 4 is 55.2 Å². The van der Waals surface area contributed by atoms with Crippen LogP contribution in [0.5, 0.6) is 5.75 Å². The van der Waals surface area contributed by atoms with Crippen molar-refractivity contribution in [2.24, 2.45) is 0 Å². The topological polar surface area (TPSA) is 108 Å². The Morgan fingerprint density at radius 2 is 2.14 bits per heavy atom. The van der Waals surface area contributed by atoms with Crippen molar-refractivity contribution in [3.63, 3.8) is 0 Å². The minimum absolute atomic E-state index is 0.292. The van der Waals surface area contributed by atoms with Crippen LogP contribution in [0.3, 0.4) is 0 Å². The van der Waals surface area contributed by atoms with E-state index in [9.17, 15) is 9.59 Å². The van der Waals surface area contributed by atoms with Crippen LogP contribution in [0, 0.1) is 0 Å². The Morgan fingerprint density at radius 3 is 2.89 bits per heavy atom. The molecule has 2 aliphatic heterocycles. The fourth-order valence-corrected chi connectivity index (χ4v) is 6.28. The van der Waals surface area contributed by atoms with E-state index in [0.717, 1.165) is 43.8 Å². The molecule has 1 unspecified atom stereocenters. The number of fused-ring (bicyclic) bond motifs is 1. The molecule has 3 aromatic rings. The van der Waals surface area contributed by atoms with E-state index in [4.69, 9.17) is 9.72 Å². The maximum Gasteiger partial charge on any atom is 0.325 e. The summed E-state index contributed by atoms with van der Waals surface area (Å²) in [6, 6.07) is 8.51. The zero-order valence-electron chi connectivity index (χ0n) is 21.0. The molecule has 0 aliphatic carbocycles. The van der Waals surface area contributed by atoms with Gasteiger partial charge in [0, 0.05) is 30.0 Å². The largest absolute Gasteiger partial charge is 0.494 e. The van der Waals surface area contributed by atoms with Crippen LogP contribution in [-0.2, 0) is 4.79 Å². The predicted octanol–water partition coefficient (Wildman–Crippen LogP) is 4.77. The third kappa shape index (κ3) is 5.73.